The van der Waals surface area contributed by atoms with Gasteiger partial charge in [-0.2, -0.15) is 0 Å². The van der Waals surface area contributed by atoms with Crippen LogP contribution in [0.5, 0.6) is 11.5 Å². The molecule has 0 spiro atoms. The third kappa shape index (κ3) is 5.91. The van der Waals surface area contributed by atoms with Gasteiger partial charge in [-0.05, 0) is 31.2 Å². The van der Waals surface area contributed by atoms with Gasteiger partial charge in [-0.25, -0.2) is 13.2 Å². The summed E-state index contributed by atoms with van der Waals surface area (Å²) in [4.78, 5) is 27.9. The Morgan fingerprint density at radius 1 is 0.938 bits per heavy atom. The highest BCUT2D eigenvalue weighted by molar-refractivity contribution is 7.92. The van der Waals surface area contributed by atoms with Crippen LogP contribution < -0.4 is 9.04 Å². The van der Waals surface area contributed by atoms with E-state index in [9.17, 15) is 18.0 Å². The van der Waals surface area contributed by atoms with Gasteiger partial charge in [-0.1, -0.05) is 30.3 Å². The summed E-state index contributed by atoms with van der Waals surface area (Å²) in [5, 5.41) is 0. The van der Waals surface area contributed by atoms with Gasteiger partial charge in [0.05, 0.1) is 18.6 Å². The number of sulfonamides is 1. The number of hydrogen-bond acceptors (Lipinski definition) is 6. The fourth-order valence-electron chi connectivity index (χ4n) is 3.32. The lowest BCUT2D eigenvalue weighted by molar-refractivity contribution is -0.131. The van der Waals surface area contributed by atoms with Crippen molar-refractivity contribution < 1.29 is 27.5 Å². The first-order chi connectivity index (χ1) is 15.3. The summed E-state index contributed by atoms with van der Waals surface area (Å²) in [5.41, 5.74) is 0.275. The Morgan fingerprint density at radius 2 is 1.53 bits per heavy atom. The molecule has 3 rings (SSSR count). The number of hydrogen-bond donors (Lipinski definition) is 0. The zero-order valence-electron chi connectivity index (χ0n) is 18.1. The predicted octanol–water partition coefficient (Wildman–Crippen LogP) is 2.55. The molecule has 0 aliphatic carbocycles. The van der Waals surface area contributed by atoms with E-state index in [-0.39, 0.29) is 24.7 Å². The Balaban J connectivity index is 1.75. The summed E-state index contributed by atoms with van der Waals surface area (Å²) in [7, 11) is -3.78. The Labute approximate surface area is 188 Å². The van der Waals surface area contributed by atoms with Crippen LogP contribution in [0, 0.1) is 0 Å². The van der Waals surface area contributed by atoms with Crippen molar-refractivity contribution >= 4 is 27.7 Å². The molecule has 0 atom stereocenters. The summed E-state index contributed by atoms with van der Waals surface area (Å²) >= 11 is 0. The Bertz CT molecular complexity index is 1040. The van der Waals surface area contributed by atoms with Gasteiger partial charge in [-0.3, -0.25) is 9.10 Å². The second-order valence-corrected chi connectivity index (χ2v) is 9.13. The summed E-state index contributed by atoms with van der Waals surface area (Å²) in [6.07, 6.45) is 0.641. The molecule has 1 fully saturated rings. The molecule has 0 aromatic heterocycles. The summed E-state index contributed by atoms with van der Waals surface area (Å²) in [5.74, 6) is 0.521. The van der Waals surface area contributed by atoms with Crippen molar-refractivity contribution in [2.45, 2.75) is 6.92 Å². The molecular formula is C22H27N3O6S. The zero-order chi connectivity index (χ0) is 23.1. The van der Waals surface area contributed by atoms with Crippen molar-refractivity contribution in [1.82, 2.24) is 9.80 Å². The molecule has 0 bridgehead atoms. The second-order valence-electron chi connectivity index (χ2n) is 7.22. The van der Waals surface area contributed by atoms with Crippen molar-refractivity contribution in [2.24, 2.45) is 0 Å². The van der Waals surface area contributed by atoms with Crippen molar-refractivity contribution in [1.29, 1.82) is 0 Å². The summed E-state index contributed by atoms with van der Waals surface area (Å²) in [6, 6.07) is 15.7. The minimum atomic E-state index is -3.78. The van der Waals surface area contributed by atoms with Crippen molar-refractivity contribution in [3.05, 3.63) is 54.6 Å². The molecule has 0 N–H and O–H groups in total. The molecule has 1 aliphatic rings. The SMILES string of the molecule is CCOC(=O)N1CCN(C(=O)CN(c2ccccc2Oc2ccccc2)S(C)(=O)=O)CC1. The van der Waals surface area contributed by atoms with E-state index in [4.69, 9.17) is 9.47 Å². The van der Waals surface area contributed by atoms with Crippen LogP contribution in [0.3, 0.4) is 0 Å². The van der Waals surface area contributed by atoms with Crippen molar-refractivity contribution in [3.8, 4) is 11.5 Å². The number of anilines is 1. The summed E-state index contributed by atoms with van der Waals surface area (Å²) < 4.78 is 37.1. The van der Waals surface area contributed by atoms with Crippen molar-refractivity contribution in [2.75, 3.05) is 49.9 Å². The molecule has 1 heterocycles. The lowest BCUT2D eigenvalue weighted by Gasteiger charge is -2.35. The topological polar surface area (TPSA) is 96.5 Å². The molecule has 0 radical (unpaired) electrons. The van der Waals surface area contributed by atoms with Crippen LogP contribution in [0.25, 0.3) is 0 Å². The molecule has 172 valence electrons. The average molecular weight is 462 g/mol. The minimum absolute atomic E-state index is 0.275. The van der Waals surface area contributed by atoms with E-state index >= 15 is 0 Å². The number of ether oxygens (including phenoxy) is 2. The van der Waals surface area contributed by atoms with Crippen LogP contribution in [0.4, 0.5) is 10.5 Å². The molecule has 2 amide bonds. The molecule has 10 heteroatoms. The van der Waals surface area contributed by atoms with Gasteiger partial charge in [0, 0.05) is 26.2 Å². The van der Waals surface area contributed by atoms with E-state index in [0.717, 1.165) is 10.6 Å². The van der Waals surface area contributed by atoms with Crippen LogP contribution >= 0.6 is 0 Å². The average Bonchev–Trinajstić information content (AvgIpc) is 2.78. The molecule has 0 saturated carbocycles. The highest BCUT2D eigenvalue weighted by atomic mass is 32.2. The van der Waals surface area contributed by atoms with E-state index in [1.807, 2.05) is 18.2 Å². The molecular weight excluding hydrogens is 434 g/mol. The lowest BCUT2D eigenvalue weighted by Crippen LogP contribution is -2.53. The van der Waals surface area contributed by atoms with Gasteiger partial charge in [0.2, 0.25) is 15.9 Å². The van der Waals surface area contributed by atoms with E-state index in [0.29, 0.717) is 37.7 Å². The standard InChI is InChI=1S/C22H27N3O6S/c1-3-30-22(27)24-15-13-23(14-16-24)21(26)17-25(32(2,28)29)19-11-7-8-12-20(19)31-18-9-5-4-6-10-18/h4-12H,3,13-17H2,1-2H3. The maximum atomic E-state index is 12.9. The van der Waals surface area contributed by atoms with Crippen LogP contribution in [0.2, 0.25) is 0 Å². The number of para-hydroxylation sites is 3. The van der Waals surface area contributed by atoms with Gasteiger partial charge in [0.1, 0.15) is 12.3 Å². The third-order valence-corrected chi connectivity index (χ3v) is 6.07. The number of rotatable bonds is 7. The van der Waals surface area contributed by atoms with Crippen LogP contribution in [0.15, 0.2) is 54.6 Å². The van der Waals surface area contributed by atoms with Crippen LogP contribution in [-0.4, -0.2) is 75.8 Å². The number of carbonyl (C=O) groups excluding carboxylic acids is 2. The number of amides is 2. The largest absolute Gasteiger partial charge is 0.455 e. The number of nitrogens with zero attached hydrogens (tertiary/aromatic N) is 3. The first-order valence-electron chi connectivity index (χ1n) is 10.3. The fourth-order valence-corrected chi connectivity index (χ4v) is 4.18. The summed E-state index contributed by atoms with van der Waals surface area (Å²) in [6.45, 7) is 2.92. The highest BCUT2D eigenvalue weighted by Crippen LogP contribution is 2.33. The maximum absolute atomic E-state index is 12.9. The van der Waals surface area contributed by atoms with Gasteiger partial charge in [-0.15, -0.1) is 0 Å². The van der Waals surface area contributed by atoms with Gasteiger partial charge in [0.25, 0.3) is 0 Å². The predicted molar refractivity (Wildman–Crippen MR) is 120 cm³/mol. The monoisotopic (exact) mass is 461 g/mol. The molecule has 9 nitrogen and oxygen atoms in total. The second kappa shape index (κ2) is 10.4. The van der Waals surface area contributed by atoms with E-state index in [2.05, 4.69) is 0 Å². The van der Waals surface area contributed by atoms with Gasteiger partial charge < -0.3 is 19.3 Å². The number of benzene rings is 2. The molecule has 32 heavy (non-hydrogen) atoms. The third-order valence-electron chi connectivity index (χ3n) is 4.94. The zero-order valence-corrected chi connectivity index (χ0v) is 19.0. The van der Waals surface area contributed by atoms with E-state index in [1.165, 1.54) is 4.90 Å². The minimum Gasteiger partial charge on any atom is -0.455 e. The highest BCUT2D eigenvalue weighted by Gasteiger charge is 2.29. The molecule has 2 aromatic carbocycles. The lowest BCUT2D eigenvalue weighted by atomic mass is 10.2. The quantitative estimate of drug-likeness (QED) is 0.629. The van der Waals surface area contributed by atoms with Gasteiger partial charge in [0.15, 0.2) is 5.75 Å². The Kier molecular flexibility index (Phi) is 7.57. The first kappa shape index (κ1) is 23.4. The fraction of sp³-hybridized carbons (Fsp3) is 0.364. The molecule has 0 unspecified atom stereocenters. The molecule has 1 aliphatic heterocycles. The van der Waals surface area contributed by atoms with Crippen LogP contribution in [-0.2, 0) is 19.6 Å². The Morgan fingerprint density at radius 3 is 2.16 bits per heavy atom. The maximum Gasteiger partial charge on any atom is 0.409 e. The van der Waals surface area contributed by atoms with Gasteiger partial charge >= 0.3 is 6.09 Å². The van der Waals surface area contributed by atoms with Crippen molar-refractivity contribution in [3.63, 3.8) is 0 Å². The smallest absolute Gasteiger partial charge is 0.409 e. The Hall–Kier alpha value is -3.27. The first-order valence-corrected chi connectivity index (χ1v) is 12.1. The molecule has 1 saturated heterocycles. The van der Waals surface area contributed by atoms with E-state index < -0.39 is 16.1 Å². The van der Waals surface area contributed by atoms with E-state index in [1.54, 1.807) is 48.2 Å². The number of carbonyl (C=O) groups is 2. The van der Waals surface area contributed by atoms with Crippen LogP contribution in [0.1, 0.15) is 6.92 Å². The normalized spacial score (nSPS) is 14.1. The number of piperazine rings is 1. The molecule has 2 aromatic rings.